The van der Waals surface area contributed by atoms with Gasteiger partial charge in [0.05, 0.1) is 20.9 Å². The fourth-order valence-corrected chi connectivity index (χ4v) is 4.00. The van der Waals surface area contributed by atoms with Gasteiger partial charge in [-0.3, -0.25) is 0 Å². The molecule has 102 valence electrons. The van der Waals surface area contributed by atoms with Crippen molar-refractivity contribution in [2.45, 2.75) is 39.2 Å². The highest BCUT2D eigenvalue weighted by Crippen LogP contribution is 2.36. The molecule has 1 aliphatic carbocycles. The van der Waals surface area contributed by atoms with Gasteiger partial charge in [-0.15, -0.1) is 11.3 Å². The van der Waals surface area contributed by atoms with Crippen LogP contribution in [0.1, 0.15) is 33.1 Å². The van der Waals surface area contributed by atoms with E-state index in [1.807, 2.05) is 17.6 Å². The highest BCUT2D eigenvalue weighted by Gasteiger charge is 2.26. The molecule has 1 saturated carbocycles. The number of thiazole rings is 1. The molecule has 1 heterocycles. The SMILES string of the molecule is CC1CCC(Nc2c(Cl)ccc3scnc23)C(C)C1. The summed E-state index contributed by atoms with van der Waals surface area (Å²) in [5.74, 6) is 1.53. The lowest BCUT2D eigenvalue weighted by molar-refractivity contribution is 0.276. The highest BCUT2D eigenvalue weighted by molar-refractivity contribution is 7.16. The van der Waals surface area contributed by atoms with Crippen molar-refractivity contribution in [3.63, 3.8) is 0 Å². The van der Waals surface area contributed by atoms with Crippen LogP contribution < -0.4 is 5.32 Å². The maximum absolute atomic E-state index is 6.36. The van der Waals surface area contributed by atoms with Gasteiger partial charge in [0.15, 0.2) is 0 Å². The topological polar surface area (TPSA) is 24.9 Å². The lowest BCUT2D eigenvalue weighted by Gasteiger charge is -2.34. The van der Waals surface area contributed by atoms with Crippen LogP contribution in [0.3, 0.4) is 0 Å². The van der Waals surface area contributed by atoms with E-state index < -0.39 is 0 Å². The van der Waals surface area contributed by atoms with Crippen molar-refractivity contribution >= 4 is 38.8 Å². The molecule has 2 nitrogen and oxygen atoms in total. The molecule has 0 saturated heterocycles. The fourth-order valence-electron chi connectivity index (χ4n) is 3.11. The lowest BCUT2D eigenvalue weighted by atomic mass is 9.80. The molecule has 0 aliphatic heterocycles. The average molecular weight is 295 g/mol. The Balaban J connectivity index is 1.88. The van der Waals surface area contributed by atoms with Crippen LogP contribution in [0.15, 0.2) is 17.6 Å². The Kier molecular flexibility index (Phi) is 3.68. The van der Waals surface area contributed by atoms with Gasteiger partial charge in [0.25, 0.3) is 0 Å². The fraction of sp³-hybridized carbons (Fsp3) is 0.533. The van der Waals surface area contributed by atoms with Crippen LogP contribution in [0.5, 0.6) is 0 Å². The van der Waals surface area contributed by atoms with Crippen molar-refractivity contribution in [1.82, 2.24) is 4.98 Å². The summed E-state index contributed by atoms with van der Waals surface area (Å²) >= 11 is 8.02. The quantitative estimate of drug-likeness (QED) is 0.825. The molecule has 0 radical (unpaired) electrons. The molecule has 3 atom stereocenters. The molecule has 19 heavy (non-hydrogen) atoms. The van der Waals surface area contributed by atoms with Gasteiger partial charge in [-0.2, -0.15) is 0 Å². The van der Waals surface area contributed by atoms with E-state index in [1.165, 1.54) is 24.0 Å². The Morgan fingerprint density at radius 1 is 1.32 bits per heavy atom. The molecular weight excluding hydrogens is 276 g/mol. The van der Waals surface area contributed by atoms with Crippen LogP contribution >= 0.6 is 22.9 Å². The first kappa shape index (κ1) is 13.2. The molecular formula is C15H19ClN2S. The van der Waals surface area contributed by atoms with Crippen LogP contribution in [0.4, 0.5) is 5.69 Å². The van der Waals surface area contributed by atoms with Crippen LogP contribution in [0, 0.1) is 11.8 Å². The summed E-state index contributed by atoms with van der Waals surface area (Å²) in [5.41, 5.74) is 3.92. The van der Waals surface area contributed by atoms with Crippen LogP contribution in [0.2, 0.25) is 5.02 Å². The van der Waals surface area contributed by atoms with Gasteiger partial charge in [0.2, 0.25) is 0 Å². The van der Waals surface area contributed by atoms with E-state index in [1.54, 1.807) is 11.3 Å². The molecule has 1 N–H and O–H groups in total. The van der Waals surface area contributed by atoms with E-state index in [9.17, 15) is 0 Å². The minimum Gasteiger partial charge on any atom is -0.379 e. The van der Waals surface area contributed by atoms with E-state index in [2.05, 4.69) is 24.1 Å². The number of rotatable bonds is 2. The second kappa shape index (κ2) is 5.29. The summed E-state index contributed by atoms with van der Waals surface area (Å²) < 4.78 is 1.20. The Labute approximate surface area is 123 Å². The summed E-state index contributed by atoms with van der Waals surface area (Å²) in [5, 5.41) is 4.44. The molecule has 3 rings (SSSR count). The first-order valence-electron chi connectivity index (χ1n) is 6.93. The predicted octanol–water partition coefficient (Wildman–Crippen LogP) is 5.19. The van der Waals surface area contributed by atoms with Gasteiger partial charge >= 0.3 is 0 Å². The standard InChI is InChI=1S/C15H19ClN2S/c1-9-3-5-12(10(2)7-9)18-14-11(16)4-6-13-15(14)17-8-19-13/h4,6,8-10,12,18H,3,5,7H2,1-2H3. The number of halogens is 1. The Morgan fingerprint density at radius 2 is 2.16 bits per heavy atom. The number of hydrogen-bond donors (Lipinski definition) is 1. The molecule has 0 bridgehead atoms. The van der Waals surface area contributed by atoms with Gasteiger partial charge in [-0.05, 0) is 43.2 Å². The van der Waals surface area contributed by atoms with E-state index in [0.717, 1.165) is 22.1 Å². The van der Waals surface area contributed by atoms with Gasteiger partial charge in [0, 0.05) is 6.04 Å². The third-order valence-corrected chi connectivity index (χ3v) is 5.32. The lowest BCUT2D eigenvalue weighted by Crippen LogP contribution is -2.33. The number of anilines is 1. The minimum absolute atomic E-state index is 0.515. The molecule has 0 spiro atoms. The van der Waals surface area contributed by atoms with Crippen LogP contribution in [0.25, 0.3) is 10.2 Å². The van der Waals surface area contributed by atoms with E-state index in [-0.39, 0.29) is 0 Å². The van der Waals surface area contributed by atoms with Crippen LogP contribution in [-0.2, 0) is 0 Å². The Morgan fingerprint density at radius 3 is 2.95 bits per heavy atom. The maximum Gasteiger partial charge on any atom is 0.106 e. The molecule has 2 aromatic rings. The number of fused-ring (bicyclic) bond motifs is 1. The van der Waals surface area contributed by atoms with Gasteiger partial charge in [-0.1, -0.05) is 25.4 Å². The van der Waals surface area contributed by atoms with Crippen LogP contribution in [-0.4, -0.2) is 11.0 Å². The molecule has 1 aromatic heterocycles. The van der Waals surface area contributed by atoms with E-state index in [0.29, 0.717) is 12.0 Å². The van der Waals surface area contributed by atoms with Crippen molar-refractivity contribution in [2.75, 3.05) is 5.32 Å². The molecule has 1 aromatic carbocycles. The monoisotopic (exact) mass is 294 g/mol. The zero-order valence-electron chi connectivity index (χ0n) is 11.3. The summed E-state index contributed by atoms with van der Waals surface area (Å²) in [6, 6.07) is 4.54. The smallest absolute Gasteiger partial charge is 0.106 e. The van der Waals surface area contributed by atoms with Crippen molar-refractivity contribution in [3.05, 3.63) is 22.7 Å². The highest BCUT2D eigenvalue weighted by atomic mass is 35.5. The summed E-state index contributed by atoms with van der Waals surface area (Å²) in [6.45, 7) is 4.68. The second-order valence-electron chi connectivity index (χ2n) is 5.77. The predicted molar refractivity (Wildman–Crippen MR) is 84.2 cm³/mol. The van der Waals surface area contributed by atoms with E-state index in [4.69, 9.17) is 11.6 Å². The first-order valence-corrected chi connectivity index (χ1v) is 8.19. The normalized spacial score (nSPS) is 27.6. The Hall–Kier alpha value is -0.800. The third kappa shape index (κ3) is 2.59. The van der Waals surface area contributed by atoms with Crippen molar-refractivity contribution in [1.29, 1.82) is 0 Å². The number of nitrogens with one attached hydrogen (secondary N) is 1. The summed E-state index contributed by atoms with van der Waals surface area (Å²) in [7, 11) is 0. The molecule has 1 aliphatic rings. The van der Waals surface area contributed by atoms with Gasteiger partial charge in [-0.25, -0.2) is 4.98 Å². The number of nitrogens with zero attached hydrogens (tertiary/aromatic N) is 1. The van der Waals surface area contributed by atoms with Crippen molar-refractivity contribution in [2.24, 2.45) is 11.8 Å². The third-order valence-electron chi connectivity index (χ3n) is 4.21. The summed E-state index contributed by atoms with van der Waals surface area (Å²) in [6.07, 6.45) is 3.81. The van der Waals surface area contributed by atoms with Crippen molar-refractivity contribution < 1.29 is 0 Å². The van der Waals surface area contributed by atoms with Gasteiger partial charge < -0.3 is 5.32 Å². The Bertz CT molecular complexity index is 581. The minimum atomic E-state index is 0.515. The molecule has 0 amide bonds. The largest absolute Gasteiger partial charge is 0.379 e. The number of hydrogen-bond acceptors (Lipinski definition) is 3. The average Bonchev–Trinajstić information content (AvgIpc) is 2.84. The van der Waals surface area contributed by atoms with Crippen molar-refractivity contribution in [3.8, 4) is 0 Å². The maximum atomic E-state index is 6.36. The van der Waals surface area contributed by atoms with Gasteiger partial charge in [0.1, 0.15) is 5.52 Å². The molecule has 4 heteroatoms. The second-order valence-corrected chi connectivity index (χ2v) is 7.06. The summed E-state index contributed by atoms with van der Waals surface area (Å²) in [4.78, 5) is 4.46. The first-order chi connectivity index (χ1) is 9.15. The number of aromatic nitrogens is 1. The zero-order valence-corrected chi connectivity index (χ0v) is 12.9. The van der Waals surface area contributed by atoms with E-state index >= 15 is 0 Å². The zero-order chi connectivity index (χ0) is 13.4. The number of benzene rings is 1. The molecule has 1 fully saturated rings. The molecule has 3 unspecified atom stereocenters.